The lowest BCUT2D eigenvalue weighted by Gasteiger charge is -2.26. The molecule has 2 aromatic heterocycles. The van der Waals surface area contributed by atoms with Gasteiger partial charge in [-0.05, 0) is 41.8 Å². The van der Waals surface area contributed by atoms with Crippen molar-refractivity contribution in [2.45, 2.75) is 13.0 Å². The molecule has 0 bridgehead atoms. The first kappa shape index (κ1) is 18.0. The lowest BCUT2D eigenvalue weighted by molar-refractivity contribution is 0.202. The Morgan fingerprint density at radius 3 is 3.07 bits per heavy atom. The fourth-order valence-electron chi connectivity index (χ4n) is 3.42. The van der Waals surface area contributed by atoms with Crippen molar-refractivity contribution in [3.05, 3.63) is 65.7 Å². The maximum Gasteiger partial charge on any atom is 0.317 e. The number of rotatable bonds is 4. The van der Waals surface area contributed by atoms with E-state index in [0.717, 1.165) is 28.6 Å². The Morgan fingerprint density at radius 2 is 2.29 bits per heavy atom. The summed E-state index contributed by atoms with van der Waals surface area (Å²) in [6, 6.07) is 8.40. The zero-order chi connectivity index (χ0) is 19.5. The molecule has 0 saturated heterocycles. The van der Waals surface area contributed by atoms with E-state index in [1.165, 1.54) is 18.7 Å². The molecular formula is C21H21FN4O2. The average molecular weight is 380 g/mol. The van der Waals surface area contributed by atoms with Crippen LogP contribution >= 0.6 is 0 Å². The second-order valence-electron chi connectivity index (χ2n) is 6.65. The first-order chi connectivity index (χ1) is 13.7. The second-order valence-corrected chi connectivity index (χ2v) is 6.65. The zero-order valence-electron chi connectivity index (χ0n) is 15.5. The first-order valence-electron chi connectivity index (χ1n) is 9.12. The van der Waals surface area contributed by atoms with Crippen molar-refractivity contribution in [1.29, 1.82) is 0 Å². The van der Waals surface area contributed by atoms with Crippen LogP contribution < -0.4 is 10.1 Å². The van der Waals surface area contributed by atoms with Crippen LogP contribution in [0.1, 0.15) is 17.5 Å². The summed E-state index contributed by atoms with van der Waals surface area (Å²) < 4.78 is 18.5. The van der Waals surface area contributed by atoms with Crippen molar-refractivity contribution in [2.24, 2.45) is 0 Å². The van der Waals surface area contributed by atoms with E-state index in [9.17, 15) is 9.18 Å². The highest BCUT2D eigenvalue weighted by atomic mass is 19.1. The minimum absolute atomic E-state index is 0.140. The number of hydrogen-bond donors (Lipinski definition) is 2. The summed E-state index contributed by atoms with van der Waals surface area (Å²) in [5, 5.41) is 3.98. The summed E-state index contributed by atoms with van der Waals surface area (Å²) in [5.41, 5.74) is 4.01. The molecular weight excluding hydrogens is 359 g/mol. The van der Waals surface area contributed by atoms with Gasteiger partial charge in [0.1, 0.15) is 5.65 Å². The third kappa shape index (κ3) is 3.55. The largest absolute Gasteiger partial charge is 0.494 e. The summed E-state index contributed by atoms with van der Waals surface area (Å²) in [6.07, 6.45) is 6.60. The molecule has 144 valence electrons. The predicted octanol–water partition coefficient (Wildman–Crippen LogP) is 3.71. The molecule has 28 heavy (non-hydrogen) atoms. The zero-order valence-corrected chi connectivity index (χ0v) is 15.5. The van der Waals surface area contributed by atoms with Crippen molar-refractivity contribution in [1.82, 2.24) is 20.2 Å². The quantitative estimate of drug-likeness (QED) is 0.725. The normalized spacial score (nSPS) is 14.1. The van der Waals surface area contributed by atoms with Gasteiger partial charge in [0.05, 0.1) is 7.11 Å². The minimum atomic E-state index is -0.418. The SMILES string of the molecule is COc1cc(CNC(=O)N2CC=C(c3c[nH]c4ncccc34)CC2)ccc1F. The number of aromatic amines is 1. The molecule has 1 aromatic carbocycles. The molecule has 0 unspecified atom stereocenters. The number of halogens is 1. The predicted molar refractivity (Wildman–Crippen MR) is 105 cm³/mol. The second kappa shape index (κ2) is 7.72. The Morgan fingerprint density at radius 1 is 1.39 bits per heavy atom. The van der Waals surface area contributed by atoms with E-state index in [2.05, 4.69) is 21.4 Å². The number of urea groups is 1. The Hall–Kier alpha value is -3.35. The third-order valence-electron chi connectivity index (χ3n) is 4.95. The van der Waals surface area contributed by atoms with E-state index in [4.69, 9.17) is 4.74 Å². The van der Waals surface area contributed by atoms with Gasteiger partial charge >= 0.3 is 6.03 Å². The molecule has 0 spiro atoms. The standard InChI is InChI=1S/C21H21FN4O2/c1-28-19-11-14(4-5-18(19)22)12-25-21(27)26-9-6-15(7-10-26)17-13-24-20-16(17)3-2-8-23-20/h2-6,8,11,13H,7,9-10,12H2,1H3,(H,23,24)(H,25,27). The maximum atomic E-state index is 13.5. The monoisotopic (exact) mass is 380 g/mol. The van der Waals surface area contributed by atoms with E-state index in [1.54, 1.807) is 23.2 Å². The summed E-state index contributed by atoms with van der Waals surface area (Å²) >= 11 is 0. The summed E-state index contributed by atoms with van der Waals surface area (Å²) in [4.78, 5) is 21.7. The van der Waals surface area contributed by atoms with Gasteiger partial charge in [-0.25, -0.2) is 14.2 Å². The number of carbonyl (C=O) groups is 1. The van der Waals surface area contributed by atoms with Gasteiger partial charge in [-0.2, -0.15) is 0 Å². The van der Waals surface area contributed by atoms with E-state index in [-0.39, 0.29) is 11.8 Å². The van der Waals surface area contributed by atoms with Crippen LogP contribution in [0.2, 0.25) is 0 Å². The average Bonchev–Trinajstić information content (AvgIpc) is 3.17. The molecule has 0 saturated carbocycles. The molecule has 3 aromatic rings. The molecule has 0 fully saturated rings. The number of nitrogens with one attached hydrogen (secondary N) is 2. The summed E-state index contributed by atoms with van der Waals surface area (Å²) in [6.45, 7) is 1.49. The minimum Gasteiger partial charge on any atom is -0.494 e. The van der Waals surface area contributed by atoms with Gasteiger partial charge in [0, 0.05) is 43.0 Å². The molecule has 1 aliphatic heterocycles. The number of benzene rings is 1. The van der Waals surface area contributed by atoms with Crippen LogP contribution in [0.15, 0.2) is 48.8 Å². The van der Waals surface area contributed by atoms with Gasteiger partial charge in [0.2, 0.25) is 0 Å². The molecule has 6 nitrogen and oxygen atoms in total. The number of hydrogen-bond acceptors (Lipinski definition) is 3. The number of fused-ring (bicyclic) bond motifs is 1. The molecule has 7 heteroatoms. The number of methoxy groups -OCH3 is 1. The van der Waals surface area contributed by atoms with Gasteiger partial charge in [-0.15, -0.1) is 0 Å². The highest BCUT2D eigenvalue weighted by Crippen LogP contribution is 2.28. The van der Waals surface area contributed by atoms with Gasteiger partial charge in [0.15, 0.2) is 11.6 Å². The fraction of sp³-hybridized carbons (Fsp3) is 0.238. The lowest BCUT2D eigenvalue weighted by Crippen LogP contribution is -2.41. The Kier molecular flexibility index (Phi) is 4.97. The third-order valence-corrected chi connectivity index (χ3v) is 4.95. The molecule has 0 radical (unpaired) electrons. The smallest absolute Gasteiger partial charge is 0.317 e. The molecule has 2 N–H and O–H groups in total. The van der Waals surface area contributed by atoms with Crippen LogP contribution in [0.4, 0.5) is 9.18 Å². The van der Waals surface area contributed by atoms with E-state index in [0.29, 0.717) is 19.6 Å². The van der Waals surface area contributed by atoms with Crippen LogP contribution in [-0.2, 0) is 6.54 Å². The Bertz CT molecular complexity index is 1040. The summed E-state index contributed by atoms with van der Waals surface area (Å²) in [5.74, 6) is -0.246. The number of ether oxygens (including phenoxy) is 1. The number of aromatic nitrogens is 2. The molecule has 0 aliphatic carbocycles. The van der Waals surface area contributed by atoms with Gasteiger partial charge in [0.25, 0.3) is 0 Å². The van der Waals surface area contributed by atoms with Crippen LogP contribution in [0, 0.1) is 5.82 Å². The first-order valence-corrected chi connectivity index (χ1v) is 9.12. The number of pyridine rings is 1. The highest BCUT2D eigenvalue weighted by Gasteiger charge is 2.19. The number of amides is 2. The molecule has 3 heterocycles. The molecule has 1 aliphatic rings. The van der Waals surface area contributed by atoms with E-state index < -0.39 is 5.82 Å². The van der Waals surface area contributed by atoms with Crippen LogP contribution in [0.25, 0.3) is 16.6 Å². The number of carbonyl (C=O) groups excluding carboxylic acids is 1. The topological polar surface area (TPSA) is 70.2 Å². The number of H-pyrrole nitrogens is 1. The summed E-state index contributed by atoms with van der Waals surface area (Å²) in [7, 11) is 1.42. The van der Waals surface area contributed by atoms with E-state index >= 15 is 0 Å². The van der Waals surface area contributed by atoms with Gasteiger partial charge in [-0.3, -0.25) is 0 Å². The van der Waals surface area contributed by atoms with Crippen molar-refractivity contribution in [3.63, 3.8) is 0 Å². The van der Waals surface area contributed by atoms with Crippen molar-refractivity contribution < 1.29 is 13.9 Å². The fourth-order valence-corrected chi connectivity index (χ4v) is 3.42. The van der Waals surface area contributed by atoms with Gasteiger partial charge < -0.3 is 19.9 Å². The van der Waals surface area contributed by atoms with Gasteiger partial charge in [-0.1, -0.05) is 12.1 Å². The number of nitrogens with zero attached hydrogens (tertiary/aromatic N) is 2. The maximum absolute atomic E-state index is 13.5. The molecule has 0 atom stereocenters. The van der Waals surface area contributed by atoms with Crippen LogP contribution in [0.3, 0.4) is 0 Å². The highest BCUT2D eigenvalue weighted by molar-refractivity contribution is 5.91. The Balaban J connectivity index is 1.38. The Labute approximate surface area is 162 Å². The van der Waals surface area contributed by atoms with Crippen molar-refractivity contribution in [3.8, 4) is 5.75 Å². The van der Waals surface area contributed by atoms with Crippen molar-refractivity contribution in [2.75, 3.05) is 20.2 Å². The van der Waals surface area contributed by atoms with Crippen molar-refractivity contribution >= 4 is 22.6 Å². The van der Waals surface area contributed by atoms with Crippen LogP contribution in [0.5, 0.6) is 5.75 Å². The van der Waals surface area contributed by atoms with E-state index in [1.807, 2.05) is 18.3 Å². The molecule has 4 rings (SSSR count). The van der Waals surface area contributed by atoms with Crippen LogP contribution in [-0.4, -0.2) is 41.1 Å². The molecule has 2 amide bonds. The lowest BCUT2D eigenvalue weighted by atomic mass is 10.00.